The Kier molecular flexibility index (Phi) is 5.25. The fraction of sp³-hybridized carbons (Fsp3) is 0.263. The average molecular weight is 387 g/mol. The van der Waals surface area contributed by atoms with Gasteiger partial charge in [-0.15, -0.1) is 5.10 Å². The van der Waals surface area contributed by atoms with Crippen LogP contribution < -0.4 is 0 Å². The van der Waals surface area contributed by atoms with Crippen LogP contribution in [0.25, 0.3) is 5.69 Å². The van der Waals surface area contributed by atoms with Crippen molar-refractivity contribution in [1.29, 1.82) is 0 Å². The maximum absolute atomic E-state index is 12.2. The number of esters is 1. The Morgan fingerprint density at radius 1 is 1.11 bits per heavy atom. The number of carbonyl (C=O) groups excluding carboxylic acids is 1. The van der Waals surface area contributed by atoms with Crippen LogP contribution in [0.5, 0.6) is 0 Å². The summed E-state index contributed by atoms with van der Waals surface area (Å²) in [7, 11) is 7.53. The molecule has 0 bridgehead atoms. The maximum atomic E-state index is 12.2. The van der Waals surface area contributed by atoms with Crippen molar-refractivity contribution >= 4 is 17.6 Å². The van der Waals surface area contributed by atoms with Crippen LogP contribution in [0.2, 0.25) is 5.02 Å². The van der Waals surface area contributed by atoms with Gasteiger partial charge in [0.15, 0.2) is 6.04 Å². The third-order valence-corrected chi connectivity index (χ3v) is 4.49. The molecule has 1 aromatic heterocycles. The fourth-order valence-electron chi connectivity index (χ4n) is 3.06. The molecule has 8 heteroatoms. The van der Waals surface area contributed by atoms with E-state index < -0.39 is 5.97 Å². The molecule has 1 unspecified atom stereocenters. The second-order valence-corrected chi connectivity index (χ2v) is 7.46. The largest absolute Gasteiger partial charge is 0.465 e. The van der Waals surface area contributed by atoms with Gasteiger partial charge in [0.25, 0.3) is 0 Å². The predicted molar refractivity (Wildman–Crippen MR) is 102 cm³/mol. The van der Waals surface area contributed by atoms with Crippen molar-refractivity contribution in [1.82, 2.24) is 20.2 Å². The van der Waals surface area contributed by atoms with Gasteiger partial charge < -0.3 is 9.22 Å². The van der Waals surface area contributed by atoms with Gasteiger partial charge in [0.05, 0.1) is 39.5 Å². The van der Waals surface area contributed by atoms with Gasteiger partial charge in [0, 0.05) is 10.6 Å². The van der Waals surface area contributed by atoms with E-state index in [1.54, 1.807) is 22.9 Å². The van der Waals surface area contributed by atoms with Gasteiger partial charge in [-0.3, -0.25) is 0 Å². The van der Waals surface area contributed by atoms with Crippen LogP contribution in [-0.2, 0) is 4.74 Å². The quantitative estimate of drug-likeness (QED) is 0.498. The highest BCUT2D eigenvalue weighted by Crippen LogP contribution is 2.31. The van der Waals surface area contributed by atoms with Crippen molar-refractivity contribution in [2.45, 2.75) is 6.04 Å². The van der Waals surface area contributed by atoms with Crippen molar-refractivity contribution in [2.75, 3.05) is 28.3 Å². The number of ether oxygens (including phenoxy) is 1. The topological polar surface area (TPSA) is 69.9 Å². The molecule has 0 aliphatic carbocycles. The second-order valence-electron chi connectivity index (χ2n) is 7.03. The number of tetrazole rings is 1. The lowest BCUT2D eigenvalue weighted by atomic mass is 10.0. The number of carbonyl (C=O) groups is 1. The van der Waals surface area contributed by atoms with Crippen LogP contribution >= 0.6 is 11.6 Å². The molecule has 0 fully saturated rings. The SMILES string of the molecule is COC(=O)c1ccccc1-n1nnnc1C(c1ccc(Cl)cc1)[N+](C)(C)C. The van der Waals surface area contributed by atoms with Gasteiger partial charge in [0.1, 0.15) is 0 Å². The number of nitrogens with zero attached hydrogens (tertiary/aromatic N) is 5. The maximum Gasteiger partial charge on any atom is 0.340 e. The number of aromatic nitrogens is 4. The van der Waals surface area contributed by atoms with Crippen LogP contribution in [0.3, 0.4) is 0 Å². The van der Waals surface area contributed by atoms with Crippen LogP contribution in [0.1, 0.15) is 27.8 Å². The van der Waals surface area contributed by atoms with Crippen molar-refractivity contribution in [3.63, 3.8) is 0 Å². The van der Waals surface area contributed by atoms with Crippen LogP contribution in [0.15, 0.2) is 48.5 Å². The smallest absolute Gasteiger partial charge is 0.340 e. The van der Waals surface area contributed by atoms with Gasteiger partial charge in [-0.25, -0.2) is 4.79 Å². The summed E-state index contributed by atoms with van der Waals surface area (Å²) in [6, 6.07) is 14.5. The summed E-state index contributed by atoms with van der Waals surface area (Å²) in [6.07, 6.45) is 0. The Hall–Kier alpha value is -2.77. The first-order valence-electron chi connectivity index (χ1n) is 8.35. The zero-order valence-corrected chi connectivity index (χ0v) is 16.4. The van der Waals surface area contributed by atoms with Crippen molar-refractivity contribution in [2.24, 2.45) is 0 Å². The van der Waals surface area contributed by atoms with Gasteiger partial charge in [-0.1, -0.05) is 35.9 Å². The fourth-order valence-corrected chi connectivity index (χ4v) is 3.19. The number of hydrogen-bond donors (Lipinski definition) is 0. The van der Waals surface area contributed by atoms with E-state index in [0.717, 1.165) is 5.56 Å². The van der Waals surface area contributed by atoms with Crippen LogP contribution in [0.4, 0.5) is 0 Å². The molecule has 0 saturated carbocycles. The Labute approximate surface area is 162 Å². The molecule has 1 heterocycles. The Morgan fingerprint density at radius 3 is 2.41 bits per heavy atom. The Morgan fingerprint density at radius 2 is 1.78 bits per heavy atom. The molecule has 140 valence electrons. The van der Waals surface area contributed by atoms with Crippen LogP contribution in [-0.4, -0.2) is 58.9 Å². The minimum absolute atomic E-state index is 0.178. The monoisotopic (exact) mass is 386 g/mol. The van der Waals surface area contributed by atoms with E-state index in [0.29, 0.717) is 26.6 Å². The third-order valence-electron chi connectivity index (χ3n) is 4.24. The molecule has 0 aliphatic rings. The molecule has 3 rings (SSSR count). The van der Waals surface area contributed by atoms with Gasteiger partial charge >= 0.3 is 5.97 Å². The Bertz CT molecular complexity index is 947. The highest BCUT2D eigenvalue weighted by Gasteiger charge is 2.34. The first kappa shape index (κ1) is 19.0. The van der Waals surface area contributed by atoms with Gasteiger partial charge in [0.2, 0.25) is 5.82 Å². The molecule has 0 radical (unpaired) electrons. The lowest BCUT2D eigenvalue weighted by Crippen LogP contribution is -2.41. The Balaban J connectivity index is 2.18. The second kappa shape index (κ2) is 7.46. The molecule has 0 N–H and O–H groups in total. The molecule has 27 heavy (non-hydrogen) atoms. The highest BCUT2D eigenvalue weighted by molar-refractivity contribution is 6.30. The first-order chi connectivity index (χ1) is 12.8. The molecule has 2 aromatic carbocycles. The number of benzene rings is 2. The van der Waals surface area contributed by atoms with E-state index in [1.807, 2.05) is 30.3 Å². The third kappa shape index (κ3) is 3.84. The van der Waals surface area contributed by atoms with Crippen molar-refractivity contribution in [3.8, 4) is 5.69 Å². The van der Waals surface area contributed by atoms with E-state index in [2.05, 4.69) is 36.7 Å². The van der Waals surface area contributed by atoms with Crippen molar-refractivity contribution < 1.29 is 14.0 Å². The lowest BCUT2D eigenvalue weighted by molar-refractivity contribution is -0.896. The van der Waals surface area contributed by atoms with Gasteiger partial charge in [-0.2, -0.15) is 4.68 Å². The molecule has 1 atom stereocenters. The van der Waals surface area contributed by atoms with E-state index in [4.69, 9.17) is 16.3 Å². The molecular weight excluding hydrogens is 366 g/mol. The van der Waals surface area contributed by atoms with Gasteiger partial charge in [-0.05, 0) is 34.7 Å². The minimum atomic E-state index is -0.444. The molecule has 0 amide bonds. The molecule has 0 aliphatic heterocycles. The summed E-state index contributed by atoms with van der Waals surface area (Å²) in [5.74, 6) is 0.168. The summed E-state index contributed by atoms with van der Waals surface area (Å²) >= 11 is 6.05. The van der Waals surface area contributed by atoms with E-state index in [9.17, 15) is 4.79 Å². The molecular formula is C19H21ClN5O2+. The normalized spacial score (nSPS) is 12.6. The number of quaternary nitrogens is 1. The number of hydrogen-bond acceptors (Lipinski definition) is 5. The molecule has 3 aromatic rings. The number of methoxy groups -OCH3 is 1. The first-order valence-corrected chi connectivity index (χ1v) is 8.73. The van der Waals surface area contributed by atoms with E-state index in [1.165, 1.54) is 7.11 Å². The zero-order valence-electron chi connectivity index (χ0n) is 15.6. The standard InChI is InChI=1S/C19H21ClN5O2/c1-25(2,3)17(13-9-11-14(20)12-10-13)18-21-22-23-24(18)16-8-6-5-7-15(16)19(26)27-4/h5-12,17H,1-4H3/q+1. The molecule has 7 nitrogen and oxygen atoms in total. The minimum Gasteiger partial charge on any atom is -0.465 e. The van der Waals surface area contributed by atoms with E-state index >= 15 is 0 Å². The van der Waals surface area contributed by atoms with Crippen LogP contribution in [0, 0.1) is 0 Å². The summed E-state index contributed by atoms with van der Waals surface area (Å²) in [4.78, 5) is 12.2. The number of rotatable bonds is 5. The molecule has 0 saturated heterocycles. The average Bonchev–Trinajstić information content (AvgIpc) is 3.10. The lowest BCUT2D eigenvalue weighted by Gasteiger charge is -2.33. The van der Waals surface area contributed by atoms with Crippen molar-refractivity contribution in [3.05, 3.63) is 70.5 Å². The predicted octanol–water partition coefficient (Wildman–Crippen LogP) is 2.90. The summed E-state index contributed by atoms with van der Waals surface area (Å²) in [5, 5.41) is 13.0. The van der Waals surface area contributed by atoms with E-state index in [-0.39, 0.29) is 6.04 Å². The number of para-hydroxylation sites is 1. The summed E-state index contributed by atoms with van der Waals surface area (Å²) in [5.41, 5.74) is 1.97. The highest BCUT2D eigenvalue weighted by atomic mass is 35.5. The number of halogens is 1. The summed E-state index contributed by atoms with van der Waals surface area (Å²) < 4.78 is 7.04. The molecule has 0 spiro atoms. The summed E-state index contributed by atoms with van der Waals surface area (Å²) in [6.45, 7) is 0. The zero-order chi connectivity index (χ0) is 19.6.